The summed E-state index contributed by atoms with van der Waals surface area (Å²) in [5, 5.41) is 8.61. The van der Waals surface area contributed by atoms with Crippen LogP contribution in [0, 0.1) is 0 Å². The molecule has 0 spiro atoms. The standard InChI is InChI=1S/C9H18O2/c1-2-9(11-8-7-10)5-3-4-6-9/h10H,2-8H2,1H3. The highest BCUT2D eigenvalue weighted by molar-refractivity contribution is 4.84. The maximum absolute atomic E-state index is 8.61. The Morgan fingerprint density at radius 1 is 1.36 bits per heavy atom. The third-order valence-electron chi connectivity index (χ3n) is 2.66. The first-order valence-corrected chi connectivity index (χ1v) is 4.58. The van der Waals surface area contributed by atoms with Gasteiger partial charge in [-0.25, -0.2) is 0 Å². The van der Waals surface area contributed by atoms with Crippen LogP contribution in [0.2, 0.25) is 0 Å². The van der Waals surface area contributed by atoms with E-state index in [1.165, 1.54) is 25.7 Å². The minimum Gasteiger partial charge on any atom is -0.394 e. The Morgan fingerprint density at radius 2 is 2.00 bits per heavy atom. The molecule has 0 aliphatic heterocycles. The highest BCUT2D eigenvalue weighted by Crippen LogP contribution is 2.35. The van der Waals surface area contributed by atoms with Gasteiger partial charge < -0.3 is 9.84 Å². The summed E-state index contributed by atoms with van der Waals surface area (Å²) in [6, 6.07) is 0. The first-order valence-electron chi connectivity index (χ1n) is 4.58. The van der Waals surface area contributed by atoms with Crippen LogP contribution in [0.25, 0.3) is 0 Å². The predicted octanol–water partition coefficient (Wildman–Crippen LogP) is 1.72. The Balaban J connectivity index is 2.33. The molecule has 0 aromatic heterocycles. The molecular weight excluding hydrogens is 140 g/mol. The van der Waals surface area contributed by atoms with Crippen LogP contribution in [-0.4, -0.2) is 23.9 Å². The number of hydrogen-bond acceptors (Lipinski definition) is 2. The van der Waals surface area contributed by atoms with E-state index < -0.39 is 0 Å². The zero-order valence-electron chi connectivity index (χ0n) is 7.31. The number of ether oxygens (including phenoxy) is 1. The van der Waals surface area contributed by atoms with E-state index in [1.54, 1.807) is 0 Å². The van der Waals surface area contributed by atoms with Crippen molar-refractivity contribution in [2.24, 2.45) is 0 Å². The van der Waals surface area contributed by atoms with Crippen molar-refractivity contribution in [3.05, 3.63) is 0 Å². The van der Waals surface area contributed by atoms with Gasteiger partial charge >= 0.3 is 0 Å². The van der Waals surface area contributed by atoms with Crippen LogP contribution in [0.1, 0.15) is 39.0 Å². The molecule has 1 N–H and O–H groups in total. The molecule has 0 saturated heterocycles. The summed E-state index contributed by atoms with van der Waals surface area (Å²) in [6.45, 7) is 2.83. The second kappa shape index (κ2) is 4.07. The molecule has 0 heterocycles. The Labute approximate surface area is 68.6 Å². The first-order chi connectivity index (χ1) is 5.33. The van der Waals surface area contributed by atoms with E-state index in [-0.39, 0.29) is 12.2 Å². The molecule has 0 atom stereocenters. The molecule has 0 radical (unpaired) electrons. The molecule has 11 heavy (non-hydrogen) atoms. The fraction of sp³-hybridized carbons (Fsp3) is 1.00. The lowest BCUT2D eigenvalue weighted by atomic mass is 9.99. The Kier molecular flexibility index (Phi) is 3.34. The molecule has 0 aromatic carbocycles. The second-order valence-electron chi connectivity index (χ2n) is 3.32. The van der Waals surface area contributed by atoms with E-state index in [9.17, 15) is 0 Å². The molecule has 0 aromatic rings. The molecular formula is C9H18O2. The van der Waals surface area contributed by atoms with Crippen LogP contribution >= 0.6 is 0 Å². The molecule has 66 valence electrons. The zero-order chi connectivity index (χ0) is 8.16. The summed E-state index contributed by atoms with van der Waals surface area (Å²) in [5.41, 5.74) is 0.128. The summed E-state index contributed by atoms with van der Waals surface area (Å²) in [4.78, 5) is 0. The molecule has 1 aliphatic carbocycles. The van der Waals surface area contributed by atoms with Crippen LogP contribution in [-0.2, 0) is 4.74 Å². The van der Waals surface area contributed by atoms with Crippen LogP contribution in [0.3, 0.4) is 0 Å². The Morgan fingerprint density at radius 3 is 2.45 bits per heavy atom. The van der Waals surface area contributed by atoms with Crippen molar-refractivity contribution >= 4 is 0 Å². The number of hydrogen-bond donors (Lipinski definition) is 1. The quantitative estimate of drug-likeness (QED) is 0.675. The van der Waals surface area contributed by atoms with Crippen molar-refractivity contribution in [3.8, 4) is 0 Å². The lowest BCUT2D eigenvalue weighted by Crippen LogP contribution is -2.29. The monoisotopic (exact) mass is 158 g/mol. The van der Waals surface area contributed by atoms with Gasteiger partial charge in [-0.3, -0.25) is 0 Å². The lowest BCUT2D eigenvalue weighted by Gasteiger charge is -2.27. The van der Waals surface area contributed by atoms with E-state index in [0.29, 0.717) is 6.61 Å². The van der Waals surface area contributed by atoms with Gasteiger partial charge in [-0.1, -0.05) is 19.8 Å². The van der Waals surface area contributed by atoms with Gasteiger partial charge in [0.25, 0.3) is 0 Å². The summed E-state index contributed by atoms with van der Waals surface area (Å²) in [5.74, 6) is 0. The Bertz CT molecular complexity index is 106. The number of aliphatic hydroxyl groups excluding tert-OH is 1. The summed E-state index contributed by atoms with van der Waals surface area (Å²) < 4.78 is 5.64. The van der Waals surface area contributed by atoms with Gasteiger partial charge in [0.15, 0.2) is 0 Å². The van der Waals surface area contributed by atoms with Gasteiger partial charge in [-0.15, -0.1) is 0 Å². The Hall–Kier alpha value is -0.0800. The molecule has 0 amide bonds. The second-order valence-corrected chi connectivity index (χ2v) is 3.32. The highest BCUT2D eigenvalue weighted by atomic mass is 16.5. The summed E-state index contributed by atoms with van der Waals surface area (Å²) >= 11 is 0. The topological polar surface area (TPSA) is 29.5 Å². The van der Waals surface area contributed by atoms with Gasteiger partial charge in [0.05, 0.1) is 18.8 Å². The molecule has 2 nitrogen and oxygen atoms in total. The SMILES string of the molecule is CCC1(OCCO)CCCC1. The van der Waals surface area contributed by atoms with Crippen LogP contribution in [0.15, 0.2) is 0 Å². The largest absolute Gasteiger partial charge is 0.394 e. The van der Waals surface area contributed by atoms with Crippen molar-refractivity contribution in [1.82, 2.24) is 0 Å². The fourth-order valence-electron chi connectivity index (χ4n) is 1.88. The van der Waals surface area contributed by atoms with E-state index in [0.717, 1.165) is 6.42 Å². The molecule has 1 rings (SSSR count). The fourth-order valence-corrected chi connectivity index (χ4v) is 1.88. The van der Waals surface area contributed by atoms with Gasteiger partial charge in [0.2, 0.25) is 0 Å². The molecule has 1 aliphatic rings. The smallest absolute Gasteiger partial charge is 0.0705 e. The minimum atomic E-state index is 0.128. The van der Waals surface area contributed by atoms with Crippen molar-refractivity contribution in [1.29, 1.82) is 0 Å². The molecule has 1 saturated carbocycles. The van der Waals surface area contributed by atoms with Gasteiger partial charge in [0.1, 0.15) is 0 Å². The summed E-state index contributed by atoms with van der Waals surface area (Å²) in [7, 11) is 0. The van der Waals surface area contributed by atoms with Crippen molar-refractivity contribution in [2.45, 2.75) is 44.6 Å². The molecule has 2 heteroatoms. The number of rotatable bonds is 4. The van der Waals surface area contributed by atoms with Crippen molar-refractivity contribution in [2.75, 3.05) is 13.2 Å². The maximum atomic E-state index is 8.61. The minimum absolute atomic E-state index is 0.128. The van der Waals surface area contributed by atoms with Crippen molar-refractivity contribution in [3.63, 3.8) is 0 Å². The third-order valence-corrected chi connectivity index (χ3v) is 2.66. The zero-order valence-corrected chi connectivity index (χ0v) is 7.31. The average molecular weight is 158 g/mol. The predicted molar refractivity (Wildman–Crippen MR) is 44.5 cm³/mol. The molecule has 0 bridgehead atoms. The normalized spacial score (nSPS) is 22.4. The van der Waals surface area contributed by atoms with Crippen LogP contribution < -0.4 is 0 Å². The molecule has 0 unspecified atom stereocenters. The van der Waals surface area contributed by atoms with E-state index in [2.05, 4.69) is 6.92 Å². The van der Waals surface area contributed by atoms with Crippen LogP contribution in [0.4, 0.5) is 0 Å². The van der Waals surface area contributed by atoms with Gasteiger partial charge in [-0.2, -0.15) is 0 Å². The first kappa shape index (κ1) is 9.01. The van der Waals surface area contributed by atoms with Gasteiger partial charge in [0, 0.05) is 0 Å². The highest BCUT2D eigenvalue weighted by Gasteiger charge is 2.32. The van der Waals surface area contributed by atoms with Gasteiger partial charge in [-0.05, 0) is 19.3 Å². The van der Waals surface area contributed by atoms with E-state index in [1.807, 2.05) is 0 Å². The maximum Gasteiger partial charge on any atom is 0.0705 e. The number of aliphatic hydroxyl groups is 1. The van der Waals surface area contributed by atoms with E-state index in [4.69, 9.17) is 9.84 Å². The summed E-state index contributed by atoms with van der Waals surface area (Å²) in [6.07, 6.45) is 6.04. The van der Waals surface area contributed by atoms with Crippen LogP contribution in [0.5, 0.6) is 0 Å². The van der Waals surface area contributed by atoms with E-state index >= 15 is 0 Å². The molecule has 1 fully saturated rings. The van der Waals surface area contributed by atoms with Crippen molar-refractivity contribution < 1.29 is 9.84 Å². The lowest BCUT2D eigenvalue weighted by molar-refractivity contribution is -0.0559. The average Bonchev–Trinajstić information content (AvgIpc) is 2.50. The third kappa shape index (κ3) is 2.17.